The van der Waals surface area contributed by atoms with Crippen molar-refractivity contribution in [1.82, 2.24) is 5.32 Å². The van der Waals surface area contributed by atoms with E-state index >= 15 is 0 Å². The Morgan fingerprint density at radius 1 is 1.24 bits per heavy atom. The second-order valence-electron chi connectivity index (χ2n) is 6.51. The molecule has 3 rings (SSSR count). The fourth-order valence-electron chi connectivity index (χ4n) is 3.89. The molecule has 0 amide bonds. The van der Waals surface area contributed by atoms with Crippen molar-refractivity contribution in [3.8, 4) is 5.75 Å². The van der Waals surface area contributed by atoms with Crippen molar-refractivity contribution >= 4 is 15.9 Å². The van der Waals surface area contributed by atoms with Crippen molar-refractivity contribution in [2.75, 3.05) is 6.54 Å². The lowest BCUT2D eigenvalue weighted by molar-refractivity contribution is 0.113. The maximum atomic E-state index is 6.32. The highest BCUT2D eigenvalue weighted by Gasteiger charge is 2.30. The van der Waals surface area contributed by atoms with Gasteiger partial charge in [0.2, 0.25) is 0 Å². The standard InChI is InChI=1S/C18H26BrNO/c1-2-20-17-12-15(10-13-6-4-3-5-7-13)21-18-11-14(19)8-9-16(17)18/h8-9,11,13,15,17,20H,2-7,10,12H2,1H3. The molecule has 0 bridgehead atoms. The molecular weight excluding hydrogens is 326 g/mol. The van der Waals surface area contributed by atoms with E-state index in [9.17, 15) is 0 Å². The van der Waals surface area contributed by atoms with Crippen molar-refractivity contribution < 1.29 is 4.74 Å². The molecule has 0 aromatic heterocycles. The van der Waals surface area contributed by atoms with Crippen LogP contribution in [0.3, 0.4) is 0 Å². The molecule has 1 fully saturated rings. The second-order valence-corrected chi connectivity index (χ2v) is 7.42. The van der Waals surface area contributed by atoms with Gasteiger partial charge >= 0.3 is 0 Å². The molecule has 1 aliphatic carbocycles. The molecule has 2 unspecified atom stereocenters. The van der Waals surface area contributed by atoms with Crippen LogP contribution in [0.2, 0.25) is 0 Å². The summed E-state index contributed by atoms with van der Waals surface area (Å²) in [6, 6.07) is 6.89. The fourth-order valence-corrected chi connectivity index (χ4v) is 4.23. The van der Waals surface area contributed by atoms with E-state index in [4.69, 9.17) is 4.74 Å². The second kappa shape index (κ2) is 7.15. The molecule has 116 valence electrons. The van der Waals surface area contributed by atoms with Crippen LogP contribution in [0, 0.1) is 5.92 Å². The quantitative estimate of drug-likeness (QED) is 0.802. The van der Waals surface area contributed by atoms with Gasteiger partial charge in [0, 0.05) is 22.5 Å². The van der Waals surface area contributed by atoms with Gasteiger partial charge < -0.3 is 10.1 Å². The number of benzene rings is 1. The molecule has 1 saturated carbocycles. The molecule has 1 aliphatic heterocycles. The van der Waals surface area contributed by atoms with E-state index in [-0.39, 0.29) is 0 Å². The number of nitrogens with one attached hydrogen (secondary N) is 1. The molecule has 0 saturated heterocycles. The smallest absolute Gasteiger partial charge is 0.125 e. The minimum atomic E-state index is 0.374. The molecule has 21 heavy (non-hydrogen) atoms. The van der Waals surface area contributed by atoms with Gasteiger partial charge in [-0.05, 0) is 31.0 Å². The SMILES string of the molecule is CCNC1CC(CC2CCCCC2)Oc2cc(Br)ccc21. The van der Waals surface area contributed by atoms with Gasteiger partial charge in [0.25, 0.3) is 0 Å². The summed E-state index contributed by atoms with van der Waals surface area (Å²) in [5.74, 6) is 1.95. The summed E-state index contributed by atoms with van der Waals surface area (Å²) in [4.78, 5) is 0. The van der Waals surface area contributed by atoms with Crippen molar-refractivity contribution in [3.63, 3.8) is 0 Å². The Balaban J connectivity index is 1.72. The third-order valence-corrected chi connectivity index (χ3v) is 5.41. The van der Waals surface area contributed by atoms with Gasteiger partial charge in [-0.1, -0.05) is 61.0 Å². The Morgan fingerprint density at radius 2 is 2.05 bits per heavy atom. The monoisotopic (exact) mass is 351 g/mol. The lowest BCUT2D eigenvalue weighted by Gasteiger charge is -2.35. The topological polar surface area (TPSA) is 21.3 Å². The molecule has 1 aromatic rings. The Labute approximate surface area is 136 Å². The Morgan fingerprint density at radius 3 is 2.81 bits per heavy atom. The van der Waals surface area contributed by atoms with Gasteiger partial charge in [-0.2, -0.15) is 0 Å². The van der Waals surface area contributed by atoms with Gasteiger partial charge in [0.1, 0.15) is 11.9 Å². The first-order valence-electron chi connectivity index (χ1n) is 8.45. The largest absolute Gasteiger partial charge is 0.490 e. The summed E-state index contributed by atoms with van der Waals surface area (Å²) in [6.45, 7) is 3.19. The molecule has 0 spiro atoms. The number of hydrogen-bond acceptors (Lipinski definition) is 2. The van der Waals surface area contributed by atoms with E-state index in [1.807, 2.05) is 0 Å². The van der Waals surface area contributed by atoms with Crippen molar-refractivity contribution in [3.05, 3.63) is 28.2 Å². The lowest BCUT2D eigenvalue weighted by atomic mass is 9.83. The van der Waals surface area contributed by atoms with Crippen LogP contribution in [0.25, 0.3) is 0 Å². The Kier molecular flexibility index (Phi) is 5.23. The molecule has 1 aromatic carbocycles. The van der Waals surface area contributed by atoms with Gasteiger partial charge in [-0.3, -0.25) is 0 Å². The summed E-state index contributed by atoms with van der Waals surface area (Å²) < 4.78 is 7.43. The number of fused-ring (bicyclic) bond motifs is 1. The highest BCUT2D eigenvalue weighted by Crippen LogP contribution is 2.39. The fraction of sp³-hybridized carbons (Fsp3) is 0.667. The van der Waals surface area contributed by atoms with Crippen LogP contribution < -0.4 is 10.1 Å². The number of halogens is 1. The number of ether oxygens (including phenoxy) is 1. The zero-order chi connectivity index (χ0) is 14.7. The first-order valence-corrected chi connectivity index (χ1v) is 9.25. The number of hydrogen-bond donors (Lipinski definition) is 1. The van der Waals surface area contributed by atoms with Crippen LogP contribution in [0.1, 0.15) is 63.5 Å². The average molecular weight is 352 g/mol. The minimum absolute atomic E-state index is 0.374. The normalized spacial score (nSPS) is 26.2. The maximum Gasteiger partial charge on any atom is 0.125 e. The van der Waals surface area contributed by atoms with Gasteiger partial charge in [0.05, 0.1) is 0 Å². The van der Waals surface area contributed by atoms with Crippen LogP contribution in [-0.2, 0) is 0 Å². The van der Waals surface area contributed by atoms with Gasteiger partial charge in [-0.25, -0.2) is 0 Å². The molecule has 2 atom stereocenters. The molecule has 3 heteroatoms. The van der Waals surface area contributed by atoms with Crippen LogP contribution in [0.5, 0.6) is 5.75 Å². The molecular formula is C18H26BrNO. The molecule has 1 N–H and O–H groups in total. The predicted octanol–water partition coefficient (Wildman–Crippen LogP) is 5.22. The van der Waals surface area contributed by atoms with E-state index in [0.29, 0.717) is 12.1 Å². The molecule has 1 heterocycles. The summed E-state index contributed by atoms with van der Waals surface area (Å²) >= 11 is 3.57. The van der Waals surface area contributed by atoms with Crippen LogP contribution in [0.4, 0.5) is 0 Å². The van der Waals surface area contributed by atoms with E-state index in [1.54, 1.807) is 0 Å². The summed E-state index contributed by atoms with van der Waals surface area (Å²) in [5.41, 5.74) is 1.32. The lowest BCUT2D eigenvalue weighted by Crippen LogP contribution is -2.34. The van der Waals surface area contributed by atoms with E-state index < -0.39 is 0 Å². The third kappa shape index (κ3) is 3.81. The van der Waals surface area contributed by atoms with E-state index in [1.165, 1.54) is 44.1 Å². The zero-order valence-electron chi connectivity index (χ0n) is 12.9. The summed E-state index contributed by atoms with van der Waals surface area (Å²) in [5, 5.41) is 3.63. The average Bonchev–Trinajstić information content (AvgIpc) is 2.48. The van der Waals surface area contributed by atoms with Gasteiger partial charge in [0.15, 0.2) is 0 Å². The van der Waals surface area contributed by atoms with Crippen LogP contribution >= 0.6 is 15.9 Å². The molecule has 2 aliphatic rings. The van der Waals surface area contributed by atoms with Gasteiger partial charge in [-0.15, -0.1) is 0 Å². The zero-order valence-corrected chi connectivity index (χ0v) is 14.5. The molecule has 2 nitrogen and oxygen atoms in total. The summed E-state index contributed by atoms with van der Waals surface area (Å²) in [6.07, 6.45) is 9.77. The maximum absolute atomic E-state index is 6.32. The first kappa shape index (κ1) is 15.4. The Hall–Kier alpha value is -0.540. The van der Waals surface area contributed by atoms with Crippen molar-refractivity contribution in [2.24, 2.45) is 5.92 Å². The highest BCUT2D eigenvalue weighted by molar-refractivity contribution is 9.10. The third-order valence-electron chi connectivity index (χ3n) is 4.91. The Bertz CT molecular complexity index is 470. The predicted molar refractivity (Wildman–Crippen MR) is 90.8 cm³/mol. The molecule has 0 radical (unpaired) electrons. The minimum Gasteiger partial charge on any atom is -0.490 e. The van der Waals surface area contributed by atoms with Crippen LogP contribution in [-0.4, -0.2) is 12.6 Å². The van der Waals surface area contributed by atoms with Crippen LogP contribution in [0.15, 0.2) is 22.7 Å². The number of rotatable bonds is 4. The van der Waals surface area contributed by atoms with Crippen molar-refractivity contribution in [2.45, 2.75) is 64.0 Å². The van der Waals surface area contributed by atoms with E-state index in [0.717, 1.165) is 29.1 Å². The van der Waals surface area contributed by atoms with Crippen molar-refractivity contribution in [1.29, 1.82) is 0 Å². The highest BCUT2D eigenvalue weighted by atomic mass is 79.9. The first-order chi connectivity index (χ1) is 10.3. The van der Waals surface area contributed by atoms with E-state index in [2.05, 4.69) is 46.4 Å². The summed E-state index contributed by atoms with van der Waals surface area (Å²) in [7, 11) is 0.